The lowest BCUT2D eigenvalue weighted by molar-refractivity contribution is 0.565. The van der Waals surface area contributed by atoms with Gasteiger partial charge in [-0.2, -0.15) is 0 Å². The molecular formula is C9H14N2. The molecule has 0 amide bonds. The third-order valence-electron chi connectivity index (χ3n) is 2.23. The first-order valence-corrected chi connectivity index (χ1v) is 4.35. The molecule has 0 atom stereocenters. The summed E-state index contributed by atoms with van der Waals surface area (Å²) in [7, 11) is 0. The van der Waals surface area contributed by atoms with Gasteiger partial charge in [-0.05, 0) is 39.5 Å². The van der Waals surface area contributed by atoms with Crippen molar-refractivity contribution in [1.29, 1.82) is 0 Å². The molecule has 11 heavy (non-hydrogen) atoms. The zero-order valence-corrected chi connectivity index (χ0v) is 7.22. The van der Waals surface area contributed by atoms with Gasteiger partial charge in [-0.25, -0.2) is 0 Å². The Balaban J connectivity index is 2.31. The first kappa shape index (κ1) is 7.01. The van der Waals surface area contributed by atoms with Gasteiger partial charge in [0.05, 0.1) is 11.4 Å². The highest BCUT2D eigenvalue weighted by molar-refractivity contribution is 6.44. The van der Waals surface area contributed by atoms with E-state index in [1.165, 1.54) is 24.3 Å². The number of fused-ring (bicyclic) bond motifs is 1. The van der Waals surface area contributed by atoms with Crippen molar-refractivity contribution in [3.05, 3.63) is 0 Å². The van der Waals surface area contributed by atoms with E-state index < -0.39 is 0 Å². The van der Waals surface area contributed by atoms with E-state index in [-0.39, 0.29) is 5.66 Å². The van der Waals surface area contributed by atoms with Crippen LogP contribution < -0.4 is 0 Å². The molecule has 0 bridgehead atoms. The first-order valence-electron chi connectivity index (χ1n) is 4.35. The van der Waals surface area contributed by atoms with Crippen LogP contribution in [-0.2, 0) is 0 Å². The second-order valence-corrected chi connectivity index (χ2v) is 3.82. The number of nitrogens with zero attached hydrogens (tertiary/aromatic N) is 2. The topological polar surface area (TPSA) is 24.7 Å². The Bertz CT molecular complexity index is 212. The average Bonchev–Trinajstić information content (AvgIpc) is 2.21. The molecule has 0 N–H and O–H groups in total. The van der Waals surface area contributed by atoms with Crippen LogP contribution in [-0.4, -0.2) is 17.1 Å². The fourth-order valence-corrected chi connectivity index (χ4v) is 1.80. The summed E-state index contributed by atoms with van der Waals surface area (Å²) in [5.41, 5.74) is 2.41. The Hall–Kier alpha value is -0.660. The highest BCUT2D eigenvalue weighted by Crippen LogP contribution is 2.25. The Labute approximate surface area is 67.4 Å². The van der Waals surface area contributed by atoms with Crippen LogP contribution in [0.5, 0.6) is 0 Å². The van der Waals surface area contributed by atoms with E-state index in [0.717, 1.165) is 12.8 Å². The normalized spacial score (nSPS) is 27.5. The van der Waals surface area contributed by atoms with Gasteiger partial charge in [-0.15, -0.1) is 0 Å². The van der Waals surface area contributed by atoms with Crippen LogP contribution in [0.1, 0.15) is 39.5 Å². The molecule has 0 spiro atoms. The van der Waals surface area contributed by atoms with Crippen LogP contribution in [0.4, 0.5) is 0 Å². The van der Waals surface area contributed by atoms with Gasteiger partial charge in [0.15, 0.2) is 0 Å². The van der Waals surface area contributed by atoms with Crippen molar-refractivity contribution >= 4 is 11.4 Å². The smallest absolute Gasteiger partial charge is 0.145 e. The molecule has 2 aliphatic rings. The Kier molecular flexibility index (Phi) is 1.38. The van der Waals surface area contributed by atoms with Gasteiger partial charge in [0.2, 0.25) is 0 Å². The molecule has 0 unspecified atom stereocenters. The van der Waals surface area contributed by atoms with Crippen LogP contribution in [0.15, 0.2) is 9.98 Å². The maximum atomic E-state index is 4.56. The van der Waals surface area contributed by atoms with Crippen LogP contribution in [0.3, 0.4) is 0 Å². The summed E-state index contributed by atoms with van der Waals surface area (Å²) in [5, 5.41) is 0. The highest BCUT2D eigenvalue weighted by Gasteiger charge is 2.27. The van der Waals surface area contributed by atoms with Crippen molar-refractivity contribution in [2.24, 2.45) is 9.98 Å². The Morgan fingerprint density at radius 1 is 1.00 bits per heavy atom. The standard InChI is InChI=1S/C9H14N2/c1-9(2)10-7-5-3-4-6-8(7)11-9/h3-6H2,1-2H3. The molecule has 1 aliphatic carbocycles. The summed E-state index contributed by atoms with van der Waals surface area (Å²) in [6.45, 7) is 4.15. The summed E-state index contributed by atoms with van der Waals surface area (Å²) in [6, 6.07) is 0. The van der Waals surface area contributed by atoms with Crippen molar-refractivity contribution in [2.75, 3.05) is 0 Å². The van der Waals surface area contributed by atoms with Gasteiger partial charge in [0.1, 0.15) is 5.66 Å². The first-order chi connectivity index (χ1) is 5.17. The predicted molar refractivity (Wildman–Crippen MR) is 47.4 cm³/mol. The van der Waals surface area contributed by atoms with E-state index in [2.05, 4.69) is 23.8 Å². The summed E-state index contributed by atoms with van der Waals surface area (Å²) in [5.74, 6) is 0. The van der Waals surface area contributed by atoms with Crippen molar-refractivity contribution in [3.8, 4) is 0 Å². The van der Waals surface area contributed by atoms with Crippen molar-refractivity contribution < 1.29 is 0 Å². The average molecular weight is 150 g/mol. The molecule has 0 aromatic rings. The van der Waals surface area contributed by atoms with Gasteiger partial charge in [-0.1, -0.05) is 0 Å². The lowest BCUT2D eigenvalue weighted by atomic mass is 9.97. The third kappa shape index (κ3) is 1.22. The molecule has 1 aliphatic heterocycles. The second-order valence-electron chi connectivity index (χ2n) is 3.82. The molecule has 0 radical (unpaired) electrons. The zero-order chi connectivity index (χ0) is 7.90. The largest absolute Gasteiger partial charge is 0.259 e. The third-order valence-corrected chi connectivity index (χ3v) is 2.23. The minimum atomic E-state index is -0.144. The van der Waals surface area contributed by atoms with E-state index >= 15 is 0 Å². The SMILES string of the molecule is CC1(C)N=C2CCCCC2=N1. The van der Waals surface area contributed by atoms with Gasteiger partial charge in [-0.3, -0.25) is 9.98 Å². The summed E-state index contributed by atoms with van der Waals surface area (Å²) < 4.78 is 0. The lowest BCUT2D eigenvalue weighted by Gasteiger charge is -2.09. The summed E-state index contributed by atoms with van der Waals surface area (Å²) in [4.78, 5) is 9.11. The molecule has 60 valence electrons. The van der Waals surface area contributed by atoms with Gasteiger partial charge >= 0.3 is 0 Å². The van der Waals surface area contributed by atoms with Crippen LogP contribution in [0, 0.1) is 0 Å². The predicted octanol–water partition coefficient (Wildman–Crippen LogP) is 2.19. The molecule has 0 aromatic carbocycles. The monoisotopic (exact) mass is 150 g/mol. The van der Waals surface area contributed by atoms with E-state index in [1.54, 1.807) is 0 Å². The van der Waals surface area contributed by atoms with E-state index in [1.807, 2.05) is 0 Å². The number of hydrogen-bond donors (Lipinski definition) is 0. The summed E-state index contributed by atoms with van der Waals surface area (Å²) >= 11 is 0. The zero-order valence-electron chi connectivity index (χ0n) is 7.22. The lowest BCUT2D eigenvalue weighted by Crippen LogP contribution is -2.15. The minimum absolute atomic E-state index is 0.144. The maximum Gasteiger partial charge on any atom is 0.145 e. The van der Waals surface area contributed by atoms with E-state index in [4.69, 9.17) is 0 Å². The molecule has 2 heteroatoms. The molecule has 1 saturated carbocycles. The molecule has 1 fully saturated rings. The molecule has 1 heterocycles. The molecule has 0 aromatic heterocycles. The molecule has 2 nitrogen and oxygen atoms in total. The number of aliphatic imine (C=N–C) groups is 2. The van der Waals surface area contributed by atoms with Crippen LogP contribution in [0.2, 0.25) is 0 Å². The van der Waals surface area contributed by atoms with E-state index in [9.17, 15) is 0 Å². The Morgan fingerprint density at radius 2 is 1.45 bits per heavy atom. The fraction of sp³-hybridized carbons (Fsp3) is 0.778. The molecule has 0 saturated heterocycles. The number of hydrogen-bond acceptors (Lipinski definition) is 2. The fourth-order valence-electron chi connectivity index (χ4n) is 1.80. The summed E-state index contributed by atoms with van der Waals surface area (Å²) in [6.07, 6.45) is 4.91. The maximum absolute atomic E-state index is 4.56. The van der Waals surface area contributed by atoms with Crippen molar-refractivity contribution in [1.82, 2.24) is 0 Å². The van der Waals surface area contributed by atoms with E-state index in [0.29, 0.717) is 0 Å². The van der Waals surface area contributed by atoms with Crippen LogP contribution in [0.25, 0.3) is 0 Å². The van der Waals surface area contributed by atoms with Crippen molar-refractivity contribution in [2.45, 2.75) is 45.2 Å². The highest BCUT2D eigenvalue weighted by atomic mass is 15.1. The second kappa shape index (κ2) is 2.16. The molecule has 2 rings (SSSR count). The van der Waals surface area contributed by atoms with Gasteiger partial charge < -0.3 is 0 Å². The quantitative estimate of drug-likeness (QED) is 0.505. The van der Waals surface area contributed by atoms with Gasteiger partial charge in [0, 0.05) is 0 Å². The van der Waals surface area contributed by atoms with Crippen molar-refractivity contribution in [3.63, 3.8) is 0 Å². The van der Waals surface area contributed by atoms with Crippen LogP contribution >= 0.6 is 0 Å². The number of rotatable bonds is 0. The minimum Gasteiger partial charge on any atom is -0.259 e. The Morgan fingerprint density at radius 3 is 1.91 bits per heavy atom. The molecular weight excluding hydrogens is 136 g/mol. The van der Waals surface area contributed by atoms with Gasteiger partial charge in [0.25, 0.3) is 0 Å².